The van der Waals surface area contributed by atoms with Gasteiger partial charge in [0, 0.05) is 31.1 Å². The SMILES string of the molecule is CCCC[C@@H](CC)CNC(=O)C1CCN(S(=O)(=O)Cc2ccccc2F)CC1. The first-order valence-corrected chi connectivity index (χ1v) is 12.0. The van der Waals surface area contributed by atoms with Gasteiger partial charge in [0.15, 0.2) is 0 Å². The van der Waals surface area contributed by atoms with E-state index < -0.39 is 15.8 Å². The lowest BCUT2D eigenvalue weighted by atomic mass is 9.95. The van der Waals surface area contributed by atoms with Crippen LogP contribution in [0.25, 0.3) is 0 Å². The van der Waals surface area contributed by atoms with Crippen molar-refractivity contribution in [3.8, 4) is 0 Å². The highest BCUT2D eigenvalue weighted by atomic mass is 32.2. The Bertz CT molecular complexity index is 731. The molecule has 0 unspecified atom stereocenters. The minimum Gasteiger partial charge on any atom is -0.356 e. The van der Waals surface area contributed by atoms with Crippen molar-refractivity contribution < 1.29 is 17.6 Å². The van der Waals surface area contributed by atoms with Crippen LogP contribution in [-0.2, 0) is 20.6 Å². The molecule has 1 atom stereocenters. The van der Waals surface area contributed by atoms with Crippen molar-refractivity contribution in [3.05, 3.63) is 35.6 Å². The third kappa shape index (κ3) is 6.55. The monoisotopic (exact) mass is 412 g/mol. The molecule has 0 saturated carbocycles. The Hall–Kier alpha value is -1.47. The topological polar surface area (TPSA) is 66.5 Å². The molecule has 1 heterocycles. The number of hydrogen-bond donors (Lipinski definition) is 1. The average molecular weight is 413 g/mol. The summed E-state index contributed by atoms with van der Waals surface area (Å²) in [5.74, 6) is -0.463. The number of benzene rings is 1. The van der Waals surface area contributed by atoms with E-state index >= 15 is 0 Å². The summed E-state index contributed by atoms with van der Waals surface area (Å²) < 4.78 is 40.4. The van der Waals surface area contributed by atoms with Crippen LogP contribution in [0.2, 0.25) is 0 Å². The van der Waals surface area contributed by atoms with Crippen molar-refractivity contribution >= 4 is 15.9 Å². The second-order valence-corrected chi connectivity index (χ2v) is 9.65. The second-order valence-electron chi connectivity index (χ2n) is 7.68. The molecule has 1 N–H and O–H groups in total. The maximum absolute atomic E-state index is 13.8. The van der Waals surface area contributed by atoms with Crippen LogP contribution in [0.5, 0.6) is 0 Å². The van der Waals surface area contributed by atoms with Gasteiger partial charge >= 0.3 is 0 Å². The van der Waals surface area contributed by atoms with Gasteiger partial charge in [0.25, 0.3) is 0 Å². The molecule has 5 nitrogen and oxygen atoms in total. The van der Waals surface area contributed by atoms with Crippen molar-refractivity contribution in [3.63, 3.8) is 0 Å². The average Bonchev–Trinajstić information content (AvgIpc) is 2.69. The van der Waals surface area contributed by atoms with Crippen LogP contribution in [0.1, 0.15) is 57.9 Å². The summed E-state index contributed by atoms with van der Waals surface area (Å²) >= 11 is 0. The molecule has 0 aromatic heterocycles. The molecule has 158 valence electrons. The molecule has 1 aliphatic rings. The van der Waals surface area contributed by atoms with Gasteiger partial charge in [-0.05, 0) is 31.2 Å². The van der Waals surface area contributed by atoms with Crippen LogP contribution in [-0.4, -0.2) is 38.3 Å². The van der Waals surface area contributed by atoms with Crippen molar-refractivity contribution in [2.24, 2.45) is 11.8 Å². The molecule has 2 rings (SSSR count). The van der Waals surface area contributed by atoms with Crippen LogP contribution in [0.15, 0.2) is 24.3 Å². The fourth-order valence-corrected chi connectivity index (χ4v) is 5.21. The lowest BCUT2D eigenvalue weighted by molar-refractivity contribution is -0.126. The summed E-state index contributed by atoms with van der Waals surface area (Å²) in [5, 5.41) is 3.06. The molecule has 0 aliphatic carbocycles. The highest BCUT2D eigenvalue weighted by Crippen LogP contribution is 2.23. The smallest absolute Gasteiger partial charge is 0.223 e. The summed E-state index contributed by atoms with van der Waals surface area (Å²) in [6.45, 7) is 5.62. The van der Waals surface area contributed by atoms with Crippen LogP contribution in [0.3, 0.4) is 0 Å². The normalized spacial score (nSPS) is 17.4. The first-order chi connectivity index (χ1) is 13.4. The zero-order chi connectivity index (χ0) is 20.6. The van der Waals surface area contributed by atoms with E-state index in [-0.39, 0.29) is 23.1 Å². The van der Waals surface area contributed by atoms with Crippen molar-refractivity contribution in [2.45, 2.75) is 58.1 Å². The molecule has 0 radical (unpaired) electrons. The minimum absolute atomic E-state index is 0.0288. The van der Waals surface area contributed by atoms with Crippen molar-refractivity contribution in [1.29, 1.82) is 0 Å². The molecule has 0 spiro atoms. The Morgan fingerprint density at radius 2 is 1.93 bits per heavy atom. The number of unbranched alkanes of at least 4 members (excludes halogenated alkanes) is 1. The highest BCUT2D eigenvalue weighted by Gasteiger charge is 2.31. The Morgan fingerprint density at radius 1 is 1.25 bits per heavy atom. The standard InChI is InChI=1S/C21H33FN2O3S/c1-3-5-8-17(4-2)15-23-21(25)18-11-13-24(14-12-18)28(26,27)16-19-9-6-7-10-20(19)22/h6-7,9-10,17-18H,3-5,8,11-16H2,1-2H3,(H,23,25)/t17-/m1/s1. The van der Waals surface area contributed by atoms with Gasteiger partial charge in [0.05, 0.1) is 5.75 Å². The van der Waals surface area contributed by atoms with E-state index in [0.717, 1.165) is 19.3 Å². The zero-order valence-electron chi connectivity index (χ0n) is 17.0. The number of hydrogen-bond acceptors (Lipinski definition) is 3. The lowest BCUT2D eigenvalue weighted by Gasteiger charge is -2.31. The highest BCUT2D eigenvalue weighted by molar-refractivity contribution is 7.88. The van der Waals surface area contributed by atoms with E-state index in [9.17, 15) is 17.6 Å². The summed E-state index contributed by atoms with van der Waals surface area (Å²) in [5.41, 5.74) is 0.181. The number of piperidine rings is 1. The fourth-order valence-electron chi connectivity index (χ4n) is 3.63. The quantitative estimate of drug-likeness (QED) is 0.637. The van der Waals surface area contributed by atoms with E-state index in [0.29, 0.717) is 38.4 Å². The van der Waals surface area contributed by atoms with Gasteiger partial charge in [-0.25, -0.2) is 17.1 Å². The van der Waals surface area contributed by atoms with E-state index in [1.54, 1.807) is 12.1 Å². The van der Waals surface area contributed by atoms with Gasteiger partial charge < -0.3 is 5.32 Å². The number of carbonyl (C=O) groups is 1. The first kappa shape index (κ1) is 22.8. The van der Waals surface area contributed by atoms with Gasteiger partial charge in [-0.2, -0.15) is 0 Å². The summed E-state index contributed by atoms with van der Waals surface area (Å²) in [7, 11) is -3.59. The van der Waals surface area contributed by atoms with Crippen molar-refractivity contribution in [1.82, 2.24) is 9.62 Å². The van der Waals surface area contributed by atoms with E-state index in [4.69, 9.17) is 0 Å². The number of carbonyl (C=O) groups excluding carboxylic acids is 1. The summed E-state index contributed by atoms with van der Waals surface area (Å²) in [4.78, 5) is 12.5. The molecule has 7 heteroatoms. The molecular formula is C21H33FN2O3S. The molecule has 1 fully saturated rings. The first-order valence-electron chi connectivity index (χ1n) is 10.4. The van der Waals surface area contributed by atoms with Gasteiger partial charge in [-0.3, -0.25) is 4.79 Å². The molecule has 1 aliphatic heterocycles. The largest absolute Gasteiger partial charge is 0.356 e. The van der Waals surface area contributed by atoms with E-state index in [1.807, 2.05) is 0 Å². The maximum Gasteiger partial charge on any atom is 0.223 e. The third-order valence-electron chi connectivity index (χ3n) is 5.62. The van der Waals surface area contributed by atoms with Gasteiger partial charge in [0.1, 0.15) is 5.82 Å². The predicted octanol–water partition coefficient (Wildman–Crippen LogP) is 3.70. The van der Waals surface area contributed by atoms with Crippen molar-refractivity contribution in [2.75, 3.05) is 19.6 Å². The molecule has 1 aromatic rings. The Kier molecular flexibility index (Phi) is 8.89. The van der Waals surface area contributed by atoms with Crippen LogP contribution >= 0.6 is 0 Å². The van der Waals surface area contributed by atoms with Gasteiger partial charge in [-0.1, -0.05) is 51.3 Å². The molecule has 1 aromatic carbocycles. The number of rotatable bonds is 10. The molecular weight excluding hydrogens is 379 g/mol. The number of nitrogens with zero attached hydrogens (tertiary/aromatic N) is 1. The Labute approximate surface area is 168 Å². The molecule has 28 heavy (non-hydrogen) atoms. The van der Waals surface area contributed by atoms with Gasteiger partial charge in [-0.15, -0.1) is 0 Å². The maximum atomic E-state index is 13.8. The molecule has 1 amide bonds. The molecule has 0 bridgehead atoms. The van der Waals surface area contributed by atoms with Crippen LogP contribution in [0, 0.1) is 17.7 Å². The van der Waals surface area contributed by atoms with E-state index in [1.165, 1.54) is 22.9 Å². The number of sulfonamides is 1. The minimum atomic E-state index is -3.59. The number of amides is 1. The third-order valence-corrected chi connectivity index (χ3v) is 7.45. The number of halogens is 1. The zero-order valence-corrected chi connectivity index (χ0v) is 17.8. The second kappa shape index (κ2) is 10.9. The predicted molar refractivity (Wildman–Crippen MR) is 110 cm³/mol. The lowest BCUT2D eigenvalue weighted by Crippen LogP contribution is -2.44. The van der Waals surface area contributed by atoms with E-state index in [2.05, 4.69) is 19.2 Å². The Balaban J connectivity index is 1.82. The summed E-state index contributed by atoms with van der Waals surface area (Å²) in [6, 6.07) is 5.94. The van der Waals surface area contributed by atoms with Gasteiger partial charge in [0.2, 0.25) is 15.9 Å². The Morgan fingerprint density at radius 3 is 2.54 bits per heavy atom. The van der Waals surface area contributed by atoms with Crippen LogP contribution < -0.4 is 5.32 Å². The summed E-state index contributed by atoms with van der Waals surface area (Å²) in [6.07, 6.45) is 5.52. The number of nitrogens with one attached hydrogen (secondary N) is 1. The molecule has 1 saturated heterocycles. The fraction of sp³-hybridized carbons (Fsp3) is 0.667. The van der Waals surface area contributed by atoms with Crippen LogP contribution in [0.4, 0.5) is 4.39 Å².